The van der Waals surface area contributed by atoms with E-state index in [1.54, 1.807) is 11.1 Å². The van der Waals surface area contributed by atoms with Crippen molar-refractivity contribution < 1.29 is 23.8 Å². The highest BCUT2D eigenvalue weighted by molar-refractivity contribution is 6.08. The highest BCUT2D eigenvalue weighted by Crippen LogP contribution is 2.48. The zero-order valence-electron chi connectivity index (χ0n) is 18.6. The van der Waals surface area contributed by atoms with Gasteiger partial charge in [-0.1, -0.05) is 0 Å². The third-order valence-electron chi connectivity index (χ3n) is 6.63. The Morgan fingerprint density at radius 3 is 2.97 bits per heavy atom. The van der Waals surface area contributed by atoms with E-state index in [0.717, 1.165) is 19.4 Å². The molecule has 2 amide bonds. The molecule has 2 fully saturated rings. The van der Waals surface area contributed by atoms with E-state index in [2.05, 4.69) is 20.3 Å². The molecule has 1 aromatic carbocycles. The topological polar surface area (TPSA) is 119 Å². The van der Waals surface area contributed by atoms with Crippen LogP contribution in [0.25, 0.3) is 22.3 Å². The molecule has 1 saturated carbocycles. The van der Waals surface area contributed by atoms with Crippen molar-refractivity contribution in [2.45, 2.75) is 19.3 Å². The molecule has 3 aliphatic rings. The fraction of sp³-hybridized carbons (Fsp3) is 0.417. The summed E-state index contributed by atoms with van der Waals surface area (Å²) in [6.45, 7) is 2.66. The number of nitrogens with one attached hydrogen (secondary N) is 2. The van der Waals surface area contributed by atoms with Gasteiger partial charge in [0.25, 0.3) is 5.91 Å². The summed E-state index contributed by atoms with van der Waals surface area (Å²) < 4.78 is 17.5. The number of likely N-dealkylation sites (tertiary alicyclic amines) is 1. The van der Waals surface area contributed by atoms with Crippen molar-refractivity contribution in [1.29, 1.82) is 0 Å². The molecule has 6 rings (SSSR count). The number of rotatable bonds is 8. The lowest BCUT2D eigenvalue weighted by Gasteiger charge is -2.14. The first-order chi connectivity index (χ1) is 16.7. The molecular formula is C24H25N5O5. The number of carbonyl (C=O) groups excluding carboxylic acids is 2. The normalized spacial score (nSPS) is 18.9. The Morgan fingerprint density at radius 1 is 1.24 bits per heavy atom. The summed E-state index contributed by atoms with van der Waals surface area (Å²) in [5, 5.41) is 2.98. The Hall–Kier alpha value is -3.82. The first-order valence-corrected chi connectivity index (χ1v) is 11.6. The van der Waals surface area contributed by atoms with Crippen LogP contribution in [0.4, 0.5) is 0 Å². The molecule has 10 nitrogen and oxygen atoms in total. The number of ether oxygens (including phenoxy) is 3. The summed E-state index contributed by atoms with van der Waals surface area (Å²) in [5.74, 6) is 2.49. The van der Waals surface area contributed by atoms with Crippen LogP contribution in [0.15, 0.2) is 24.7 Å². The predicted molar refractivity (Wildman–Crippen MR) is 122 cm³/mol. The third kappa shape index (κ3) is 3.78. The fourth-order valence-electron chi connectivity index (χ4n) is 4.55. The van der Waals surface area contributed by atoms with Crippen molar-refractivity contribution >= 4 is 23.4 Å². The number of amides is 2. The minimum atomic E-state index is -0.219. The van der Waals surface area contributed by atoms with Gasteiger partial charge in [0.2, 0.25) is 13.2 Å². The van der Waals surface area contributed by atoms with Crippen molar-refractivity contribution in [1.82, 2.24) is 25.2 Å². The standard InChI is InChI=1S/C24H25N5O5/c30-12-29-6-5-15(9-29)7-26-24(31)16-8-25-22-20(16)27-11-28-21(22)19-17(32-10-14-1-2-14)3-4-18-23(19)34-13-33-18/h3-4,8,11-12,14-15,25H,1-2,5-7,9-10,13H2,(H,26,31). The highest BCUT2D eigenvalue weighted by atomic mass is 16.7. The fourth-order valence-corrected chi connectivity index (χ4v) is 4.55. The second-order valence-corrected chi connectivity index (χ2v) is 9.04. The minimum absolute atomic E-state index is 0.129. The number of carbonyl (C=O) groups is 2. The number of aromatic nitrogens is 3. The average Bonchev–Trinajstić information content (AvgIpc) is 3.24. The van der Waals surface area contributed by atoms with Gasteiger partial charge in [-0.25, -0.2) is 9.97 Å². The van der Waals surface area contributed by atoms with Gasteiger partial charge in [0.15, 0.2) is 11.5 Å². The van der Waals surface area contributed by atoms with Crippen LogP contribution in [0.5, 0.6) is 17.2 Å². The van der Waals surface area contributed by atoms with E-state index in [4.69, 9.17) is 14.2 Å². The molecule has 2 N–H and O–H groups in total. The number of benzene rings is 1. The molecule has 2 aliphatic heterocycles. The average molecular weight is 463 g/mol. The first kappa shape index (κ1) is 20.8. The molecule has 1 unspecified atom stereocenters. The number of hydrogen-bond acceptors (Lipinski definition) is 7. The zero-order chi connectivity index (χ0) is 23.1. The summed E-state index contributed by atoms with van der Waals surface area (Å²) >= 11 is 0. The summed E-state index contributed by atoms with van der Waals surface area (Å²) in [5.41, 5.74) is 2.87. The van der Waals surface area contributed by atoms with Gasteiger partial charge >= 0.3 is 0 Å². The maximum absolute atomic E-state index is 13.0. The van der Waals surface area contributed by atoms with Crippen molar-refractivity contribution in [2.24, 2.45) is 11.8 Å². The summed E-state index contributed by atoms with van der Waals surface area (Å²) in [6.07, 6.45) is 7.19. The van der Waals surface area contributed by atoms with Gasteiger partial charge in [-0.3, -0.25) is 9.59 Å². The molecule has 2 aromatic heterocycles. The van der Waals surface area contributed by atoms with Crippen LogP contribution in [0.1, 0.15) is 29.6 Å². The van der Waals surface area contributed by atoms with E-state index in [9.17, 15) is 9.59 Å². The van der Waals surface area contributed by atoms with E-state index in [1.807, 2.05) is 12.1 Å². The molecule has 34 heavy (non-hydrogen) atoms. The van der Waals surface area contributed by atoms with Crippen LogP contribution in [0.2, 0.25) is 0 Å². The Kier molecular flexibility index (Phi) is 5.20. The monoisotopic (exact) mass is 463 g/mol. The van der Waals surface area contributed by atoms with Crippen LogP contribution >= 0.6 is 0 Å². The lowest BCUT2D eigenvalue weighted by Crippen LogP contribution is -2.30. The van der Waals surface area contributed by atoms with Crippen LogP contribution in [0.3, 0.4) is 0 Å². The van der Waals surface area contributed by atoms with E-state index in [-0.39, 0.29) is 18.6 Å². The van der Waals surface area contributed by atoms with Gasteiger partial charge < -0.3 is 29.4 Å². The van der Waals surface area contributed by atoms with E-state index in [1.165, 1.54) is 19.2 Å². The summed E-state index contributed by atoms with van der Waals surface area (Å²) in [4.78, 5) is 37.7. The lowest BCUT2D eigenvalue weighted by atomic mass is 10.1. The molecule has 176 valence electrons. The molecular weight excluding hydrogens is 438 g/mol. The summed E-state index contributed by atoms with van der Waals surface area (Å²) in [6, 6.07) is 3.72. The van der Waals surface area contributed by atoms with E-state index >= 15 is 0 Å². The molecule has 3 aromatic rings. The van der Waals surface area contributed by atoms with Crippen LogP contribution in [-0.4, -0.2) is 65.2 Å². The number of H-pyrrole nitrogens is 1. The van der Waals surface area contributed by atoms with Gasteiger partial charge in [-0.05, 0) is 43.2 Å². The molecule has 1 atom stereocenters. The van der Waals surface area contributed by atoms with Crippen molar-refractivity contribution in [2.75, 3.05) is 33.0 Å². The Labute approximate surface area is 195 Å². The minimum Gasteiger partial charge on any atom is -0.492 e. The Bertz CT molecular complexity index is 1250. The molecule has 0 bridgehead atoms. The quantitative estimate of drug-likeness (QED) is 0.492. The van der Waals surface area contributed by atoms with Gasteiger partial charge in [0.05, 0.1) is 23.3 Å². The van der Waals surface area contributed by atoms with Crippen LogP contribution in [-0.2, 0) is 4.79 Å². The zero-order valence-corrected chi connectivity index (χ0v) is 18.6. The van der Waals surface area contributed by atoms with Gasteiger partial charge in [0, 0.05) is 25.8 Å². The maximum atomic E-state index is 13.0. The second-order valence-electron chi connectivity index (χ2n) is 9.04. The second kappa shape index (κ2) is 8.51. The number of hydrogen-bond donors (Lipinski definition) is 2. The largest absolute Gasteiger partial charge is 0.492 e. The van der Waals surface area contributed by atoms with Crippen molar-refractivity contribution in [3.63, 3.8) is 0 Å². The van der Waals surface area contributed by atoms with Gasteiger partial charge in [-0.2, -0.15) is 0 Å². The predicted octanol–water partition coefficient (Wildman–Crippen LogP) is 2.35. The number of nitrogens with zero attached hydrogens (tertiary/aromatic N) is 3. The highest BCUT2D eigenvalue weighted by Gasteiger charge is 2.29. The van der Waals surface area contributed by atoms with E-state index < -0.39 is 0 Å². The maximum Gasteiger partial charge on any atom is 0.255 e. The SMILES string of the molecule is O=CN1CCC(CNC(=O)c2c[nH]c3c(-c4c(OCC5CC5)ccc5c4OCO5)ncnc23)C1. The molecule has 0 radical (unpaired) electrons. The molecule has 1 aliphatic carbocycles. The lowest BCUT2D eigenvalue weighted by molar-refractivity contribution is -0.117. The smallest absolute Gasteiger partial charge is 0.255 e. The summed E-state index contributed by atoms with van der Waals surface area (Å²) in [7, 11) is 0. The Balaban J connectivity index is 1.30. The van der Waals surface area contributed by atoms with Gasteiger partial charge in [0.1, 0.15) is 23.3 Å². The van der Waals surface area contributed by atoms with Crippen molar-refractivity contribution in [3.05, 3.63) is 30.2 Å². The van der Waals surface area contributed by atoms with Crippen LogP contribution < -0.4 is 19.5 Å². The van der Waals surface area contributed by atoms with E-state index in [0.29, 0.717) is 70.7 Å². The molecule has 4 heterocycles. The number of fused-ring (bicyclic) bond motifs is 2. The number of aromatic amines is 1. The molecule has 1 saturated heterocycles. The molecule has 10 heteroatoms. The first-order valence-electron chi connectivity index (χ1n) is 11.6. The third-order valence-corrected chi connectivity index (χ3v) is 6.63. The molecule has 0 spiro atoms. The Morgan fingerprint density at radius 2 is 2.15 bits per heavy atom. The van der Waals surface area contributed by atoms with Crippen LogP contribution in [0, 0.1) is 11.8 Å². The van der Waals surface area contributed by atoms with Gasteiger partial charge in [-0.15, -0.1) is 0 Å². The van der Waals surface area contributed by atoms with Crippen molar-refractivity contribution in [3.8, 4) is 28.5 Å².